The van der Waals surface area contributed by atoms with Gasteiger partial charge in [-0.1, -0.05) is 146 Å². The van der Waals surface area contributed by atoms with Crippen molar-refractivity contribution in [3.63, 3.8) is 0 Å². The third kappa shape index (κ3) is 29.3. The fraction of sp³-hybridized carbons (Fsp3) is 0.804. The van der Waals surface area contributed by atoms with Crippen LogP contribution in [-0.2, 0) is 27.9 Å². The lowest BCUT2D eigenvalue weighted by molar-refractivity contribution is -0.220. The van der Waals surface area contributed by atoms with Crippen LogP contribution in [-0.4, -0.2) is 98.9 Å². The van der Waals surface area contributed by atoms with Crippen molar-refractivity contribution < 1.29 is 58.3 Å². The maximum absolute atomic E-state index is 12.8. The summed E-state index contributed by atoms with van der Waals surface area (Å²) in [7, 11) is -5.03. The van der Waals surface area contributed by atoms with Crippen LogP contribution in [0, 0.1) is 0 Å². The molecule has 0 aromatic carbocycles. The highest BCUT2D eigenvalue weighted by Crippen LogP contribution is 2.47. The van der Waals surface area contributed by atoms with E-state index in [0.29, 0.717) is 13.0 Å². The third-order valence-electron chi connectivity index (χ3n) is 10.4. The van der Waals surface area contributed by atoms with E-state index in [0.717, 1.165) is 64.2 Å². The summed E-state index contributed by atoms with van der Waals surface area (Å²) >= 11 is 0. The molecule has 0 aliphatic heterocycles. The second-order valence-electron chi connectivity index (χ2n) is 15.9. The number of rotatable bonds is 38. The van der Waals surface area contributed by atoms with Crippen LogP contribution in [0.1, 0.15) is 174 Å². The summed E-state index contributed by atoms with van der Waals surface area (Å²) in [5.74, 6) is -0.508. The van der Waals surface area contributed by atoms with Crippen molar-refractivity contribution in [2.45, 2.75) is 217 Å². The van der Waals surface area contributed by atoms with Gasteiger partial charge in [-0.25, -0.2) is 4.57 Å². The summed E-state index contributed by atoms with van der Waals surface area (Å²) in [6.45, 7) is 4.10. The number of unbranched alkanes of at least 4 members (excludes halogenated alkanes) is 18. The number of hydrogen-bond acceptors (Lipinski definition) is 11. The van der Waals surface area contributed by atoms with Crippen molar-refractivity contribution >= 4 is 13.8 Å². The van der Waals surface area contributed by atoms with Crippen LogP contribution in [0.2, 0.25) is 0 Å². The molecule has 0 amide bonds. The number of phosphoric acid groups is 1. The normalized spacial score (nSPS) is 22.9. The smallest absolute Gasteiger partial charge is 0.457 e. The van der Waals surface area contributed by atoms with Crippen molar-refractivity contribution in [1.82, 2.24) is 0 Å². The van der Waals surface area contributed by atoms with E-state index >= 15 is 0 Å². The van der Waals surface area contributed by atoms with Crippen LogP contribution in [0.15, 0.2) is 48.6 Å². The minimum atomic E-state index is -5.03. The Morgan fingerprint density at radius 1 is 0.559 bits per heavy atom. The summed E-state index contributed by atoms with van der Waals surface area (Å²) < 4.78 is 34.1. The zero-order valence-corrected chi connectivity index (χ0v) is 37.4. The lowest BCUT2D eigenvalue weighted by atomic mass is 9.85. The third-order valence-corrected chi connectivity index (χ3v) is 11.4. The van der Waals surface area contributed by atoms with E-state index < -0.39 is 63.1 Å². The van der Waals surface area contributed by atoms with Crippen LogP contribution in [0.3, 0.4) is 0 Å². The molecule has 0 saturated heterocycles. The van der Waals surface area contributed by atoms with E-state index in [1.54, 1.807) is 0 Å². The average Bonchev–Trinajstić information content (AvgIpc) is 3.22. The molecule has 6 atom stereocenters. The molecular weight excluding hydrogens is 775 g/mol. The highest BCUT2D eigenvalue weighted by Gasteiger charge is 2.51. The molecule has 1 rings (SSSR count). The maximum atomic E-state index is 12.8. The molecule has 0 aromatic rings. The highest BCUT2D eigenvalue weighted by molar-refractivity contribution is 7.47. The molecule has 0 heterocycles. The van der Waals surface area contributed by atoms with Gasteiger partial charge < -0.3 is 39.9 Å². The van der Waals surface area contributed by atoms with Gasteiger partial charge in [-0.05, 0) is 70.6 Å². The quantitative estimate of drug-likeness (QED) is 0.0150. The van der Waals surface area contributed by atoms with Gasteiger partial charge in [0.2, 0.25) is 0 Å². The molecule has 59 heavy (non-hydrogen) atoms. The zero-order chi connectivity index (χ0) is 43.4. The van der Waals surface area contributed by atoms with Crippen LogP contribution in [0.5, 0.6) is 0 Å². The van der Waals surface area contributed by atoms with Crippen molar-refractivity contribution in [1.29, 1.82) is 0 Å². The Hall–Kier alpha value is -1.70. The van der Waals surface area contributed by atoms with E-state index in [-0.39, 0.29) is 13.0 Å². The van der Waals surface area contributed by atoms with Crippen LogP contribution < -0.4 is 0 Å². The summed E-state index contributed by atoms with van der Waals surface area (Å²) in [5, 5.41) is 50.1. The fourth-order valence-corrected chi connectivity index (χ4v) is 7.75. The number of aliphatic hydroxyl groups is 5. The minimum absolute atomic E-state index is 0.0916. The molecule has 0 radical (unpaired) electrons. The number of esters is 1. The Kier molecular flexibility index (Phi) is 34.6. The Morgan fingerprint density at radius 3 is 1.54 bits per heavy atom. The van der Waals surface area contributed by atoms with Gasteiger partial charge in [0, 0.05) is 13.0 Å². The topological polar surface area (TPSA) is 192 Å². The summed E-state index contributed by atoms with van der Waals surface area (Å²) in [5.41, 5.74) is 0. The van der Waals surface area contributed by atoms with E-state index in [1.807, 2.05) is 0 Å². The Labute approximate surface area is 356 Å². The number of aliphatic hydroxyl groups excluding tert-OH is 5. The van der Waals surface area contributed by atoms with Gasteiger partial charge in [0.15, 0.2) is 0 Å². The van der Waals surface area contributed by atoms with Crippen LogP contribution in [0.25, 0.3) is 0 Å². The lowest BCUT2D eigenvalue weighted by Gasteiger charge is -2.41. The second kappa shape index (κ2) is 36.9. The molecule has 1 aliphatic carbocycles. The Balaban J connectivity index is 2.40. The SMILES string of the molecule is CC/C=C\C/C=C\C/C=C\CCCCCC(=O)OC(COCCCCCCCCCC/C=C\CCCCCCCCC)COP(=O)(O)OC1C(O)C(O)C(O)C(O)C1O. The first-order chi connectivity index (χ1) is 28.5. The van der Waals surface area contributed by atoms with E-state index in [2.05, 4.69) is 62.5 Å². The number of carbonyl (C=O) groups excluding carboxylic acids is 1. The maximum Gasteiger partial charge on any atom is 0.472 e. The van der Waals surface area contributed by atoms with Gasteiger partial charge in [0.25, 0.3) is 0 Å². The van der Waals surface area contributed by atoms with Crippen molar-refractivity contribution in [3.05, 3.63) is 48.6 Å². The predicted molar refractivity (Wildman–Crippen MR) is 235 cm³/mol. The molecule has 6 N–H and O–H groups in total. The monoisotopic (exact) mass is 859 g/mol. The van der Waals surface area contributed by atoms with E-state index in [9.17, 15) is 39.8 Å². The summed E-state index contributed by atoms with van der Waals surface area (Å²) in [6.07, 6.45) is 31.9. The largest absolute Gasteiger partial charge is 0.472 e. The van der Waals surface area contributed by atoms with Gasteiger partial charge >= 0.3 is 13.8 Å². The number of carbonyl (C=O) groups is 1. The Bertz CT molecular complexity index is 1160. The molecule has 0 aromatic heterocycles. The molecular formula is C46H83O12P. The molecule has 12 nitrogen and oxygen atoms in total. The first-order valence-corrected chi connectivity index (χ1v) is 24.5. The van der Waals surface area contributed by atoms with Gasteiger partial charge in [0.05, 0.1) is 13.2 Å². The molecule has 0 spiro atoms. The van der Waals surface area contributed by atoms with Crippen molar-refractivity contribution in [2.75, 3.05) is 19.8 Å². The van der Waals surface area contributed by atoms with Gasteiger partial charge in [0.1, 0.15) is 42.7 Å². The highest BCUT2D eigenvalue weighted by atomic mass is 31.2. The van der Waals surface area contributed by atoms with Crippen molar-refractivity contribution in [3.8, 4) is 0 Å². The molecule has 344 valence electrons. The second-order valence-corrected chi connectivity index (χ2v) is 17.3. The first-order valence-electron chi connectivity index (χ1n) is 23.0. The molecule has 0 bridgehead atoms. The van der Waals surface area contributed by atoms with Crippen LogP contribution >= 0.6 is 7.82 Å². The Morgan fingerprint density at radius 2 is 1.00 bits per heavy atom. The summed E-state index contributed by atoms with van der Waals surface area (Å²) in [6, 6.07) is 0. The standard InChI is InChI=1S/C46H83O12P/c1-3-5-7-9-11-13-15-17-18-19-20-21-22-24-26-28-30-32-34-36-55-37-39(38-56-59(53,54)58-46-44(51)42(49)41(48)43(50)45(46)52)57-40(47)35-33-31-29-27-25-23-16-14-12-10-8-6-4-2/h6,8,12,14,18-19,23,25,39,41-46,48-52H,3-5,7,9-11,13,15-17,20-22,24,26-38H2,1-2H3,(H,53,54)/b8-6-,14-12-,19-18-,25-23-. The molecule has 13 heteroatoms. The molecule has 1 saturated carbocycles. The lowest BCUT2D eigenvalue weighted by Crippen LogP contribution is -2.64. The van der Waals surface area contributed by atoms with Crippen molar-refractivity contribution in [2.24, 2.45) is 0 Å². The van der Waals surface area contributed by atoms with Gasteiger partial charge in [-0.15, -0.1) is 0 Å². The number of hydrogen-bond donors (Lipinski definition) is 6. The summed E-state index contributed by atoms with van der Waals surface area (Å²) in [4.78, 5) is 23.1. The predicted octanol–water partition coefficient (Wildman–Crippen LogP) is 9.25. The molecule has 6 unspecified atom stereocenters. The molecule has 1 aliphatic rings. The number of ether oxygens (including phenoxy) is 2. The van der Waals surface area contributed by atoms with Crippen LogP contribution in [0.4, 0.5) is 0 Å². The first kappa shape index (κ1) is 55.3. The number of phosphoric ester groups is 1. The average molecular weight is 859 g/mol. The minimum Gasteiger partial charge on any atom is -0.457 e. The fourth-order valence-electron chi connectivity index (χ4n) is 6.78. The number of allylic oxidation sites excluding steroid dienone is 8. The van der Waals surface area contributed by atoms with E-state index in [1.165, 1.54) is 83.5 Å². The van der Waals surface area contributed by atoms with E-state index in [4.69, 9.17) is 18.5 Å². The zero-order valence-electron chi connectivity index (χ0n) is 36.5. The van der Waals surface area contributed by atoms with Gasteiger partial charge in [-0.2, -0.15) is 0 Å². The molecule has 1 fully saturated rings. The van der Waals surface area contributed by atoms with Gasteiger partial charge in [-0.3, -0.25) is 13.8 Å².